The van der Waals surface area contributed by atoms with Crippen molar-refractivity contribution >= 4 is 11.6 Å². The Morgan fingerprint density at radius 3 is 2.95 bits per heavy atom. The van der Waals surface area contributed by atoms with Crippen LogP contribution in [0.5, 0.6) is 0 Å². The molecule has 5 heteroatoms. The predicted molar refractivity (Wildman–Crippen MR) is 76.5 cm³/mol. The monoisotopic (exact) mass is 273 g/mol. The van der Waals surface area contributed by atoms with Crippen molar-refractivity contribution in [2.45, 2.75) is 25.5 Å². The zero-order valence-electron chi connectivity index (χ0n) is 11.6. The molecule has 0 bridgehead atoms. The summed E-state index contributed by atoms with van der Waals surface area (Å²) in [5, 5.41) is 7.40. The fourth-order valence-corrected chi connectivity index (χ4v) is 2.65. The number of oxime groups is 1. The van der Waals surface area contributed by atoms with Gasteiger partial charge in [0.05, 0.1) is 5.71 Å². The van der Waals surface area contributed by atoms with E-state index in [4.69, 9.17) is 4.84 Å². The molecule has 0 saturated carbocycles. The fourth-order valence-electron chi connectivity index (χ4n) is 2.65. The molecule has 2 aliphatic rings. The summed E-state index contributed by atoms with van der Waals surface area (Å²) in [7, 11) is 0. The molecule has 106 valence electrons. The molecular weight excluding hydrogens is 254 g/mol. The number of carbonyl (C=O) groups is 1. The lowest BCUT2D eigenvalue weighted by Crippen LogP contribution is -2.53. The smallest absolute Gasteiger partial charge is 0.267 e. The number of nitrogens with zero attached hydrogens (tertiary/aromatic N) is 2. The van der Waals surface area contributed by atoms with Gasteiger partial charge in [0.25, 0.3) is 5.91 Å². The lowest BCUT2D eigenvalue weighted by atomic mass is 10.0. The van der Waals surface area contributed by atoms with Gasteiger partial charge in [0.1, 0.15) is 0 Å². The third kappa shape index (κ3) is 2.67. The fraction of sp³-hybridized carbons (Fsp3) is 0.467. The molecule has 2 atom stereocenters. The Kier molecular flexibility index (Phi) is 3.69. The first kappa shape index (κ1) is 13.1. The van der Waals surface area contributed by atoms with Crippen molar-refractivity contribution in [1.82, 2.24) is 10.2 Å². The molecule has 2 heterocycles. The van der Waals surface area contributed by atoms with Crippen LogP contribution in [-0.4, -0.2) is 48.3 Å². The van der Waals surface area contributed by atoms with Gasteiger partial charge in [-0.1, -0.05) is 35.5 Å². The van der Waals surface area contributed by atoms with Gasteiger partial charge in [0.2, 0.25) is 6.10 Å². The Bertz CT molecular complexity index is 515. The molecule has 20 heavy (non-hydrogen) atoms. The van der Waals surface area contributed by atoms with E-state index in [-0.39, 0.29) is 5.91 Å². The summed E-state index contributed by atoms with van der Waals surface area (Å²) >= 11 is 0. The van der Waals surface area contributed by atoms with Crippen LogP contribution in [0.25, 0.3) is 0 Å². The van der Waals surface area contributed by atoms with E-state index >= 15 is 0 Å². The second kappa shape index (κ2) is 5.63. The summed E-state index contributed by atoms with van der Waals surface area (Å²) in [4.78, 5) is 19.6. The SMILES string of the molecule is C[C@@H]1CN(C(=O)C2CC(c3ccccc3)=NO2)CCN1. The lowest BCUT2D eigenvalue weighted by molar-refractivity contribution is -0.143. The second-order valence-electron chi connectivity index (χ2n) is 5.34. The quantitative estimate of drug-likeness (QED) is 0.874. The highest BCUT2D eigenvalue weighted by atomic mass is 16.6. The number of hydrogen-bond donors (Lipinski definition) is 1. The molecule has 1 aromatic carbocycles. The maximum absolute atomic E-state index is 12.4. The highest BCUT2D eigenvalue weighted by molar-refractivity contribution is 6.04. The van der Waals surface area contributed by atoms with Crippen molar-refractivity contribution in [2.75, 3.05) is 19.6 Å². The van der Waals surface area contributed by atoms with Crippen LogP contribution in [0.1, 0.15) is 18.9 Å². The van der Waals surface area contributed by atoms with Gasteiger partial charge >= 0.3 is 0 Å². The van der Waals surface area contributed by atoms with Gasteiger partial charge in [0.15, 0.2) is 0 Å². The molecule has 3 rings (SSSR count). The second-order valence-corrected chi connectivity index (χ2v) is 5.34. The largest absolute Gasteiger partial charge is 0.382 e. The Hall–Kier alpha value is -1.88. The first-order valence-corrected chi connectivity index (χ1v) is 7.04. The minimum absolute atomic E-state index is 0.0491. The third-order valence-corrected chi connectivity index (χ3v) is 3.73. The minimum Gasteiger partial charge on any atom is -0.382 e. The molecule has 1 N–H and O–H groups in total. The van der Waals surface area contributed by atoms with E-state index in [0.717, 1.165) is 30.9 Å². The summed E-state index contributed by atoms with van der Waals surface area (Å²) in [6, 6.07) is 10.2. The van der Waals surface area contributed by atoms with E-state index in [1.165, 1.54) is 0 Å². The van der Waals surface area contributed by atoms with E-state index in [1.807, 2.05) is 35.2 Å². The summed E-state index contributed by atoms with van der Waals surface area (Å²) in [5.41, 5.74) is 1.88. The van der Waals surface area contributed by atoms with Gasteiger partial charge in [-0.25, -0.2) is 0 Å². The molecule has 2 aliphatic heterocycles. The van der Waals surface area contributed by atoms with E-state index in [1.54, 1.807) is 0 Å². The first-order valence-electron chi connectivity index (χ1n) is 7.04. The van der Waals surface area contributed by atoms with Gasteiger partial charge in [-0.05, 0) is 12.5 Å². The normalized spacial score (nSPS) is 26.1. The highest BCUT2D eigenvalue weighted by Gasteiger charge is 2.33. The average Bonchev–Trinajstić information content (AvgIpc) is 2.97. The summed E-state index contributed by atoms with van der Waals surface area (Å²) in [6.45, 7) is 4.40. The van der Waals surface area contributed by atoms with Crippen molar-refractivity contribution < 1.29 is 9.63 Å². The van der Waals surface area contributed by atoms with Crippen LogP contribution in [0, 0.1) is 0 Å². The minimum atomic E-state index is -0.462. The predicted octanol–water partition coefficient (Wildman–Crippen LogP) is 1.000. The molecule has 1 unspecified atom stereocenters. The molecule has 1 amide bonds. The third-order valence-electron chi connectivity index (χ3n) is 3.73. The zero-order valence-corrected chi connectivity index (χ0v) is 11.6. The van der Waals surface area contributed by atoms with E-state index < -0.39 is 6.10 Å². The van der Waals surface area contributed by atoms with Crippen LogP contribution >= 0.6 is 0 Å². The van der Waals surface area contributed by atoms with Crippen LogP contribution in [0.4, 0.5) is 0 Å². The van der Waals surface area contributed by atoms with Crippen molar-refractivity contribution in [2.24, 2.45) is 5.16 Å². The van der Waals surface area contributed by atoms with Crippen LogP contribution in [0.2, 0.25) is 0 Å². The van der Waals surface area contributed by atoms with E-state index in [9.17, 15) is 4.79 Å². The Morgan fingerprint density at radius 2 is 2.20 bits per heavy atom. The molecule has 1 saturated heterocycles. The van der Waals surface area contributed by atoms with Crippen LogP contribution in [-0.2, 0) is 9.63 Å². The molecule has 1 aromatic rings. The standard InChI is InChI=1S/C15H19N3O2/c1-11-10-18(8-7-16-11)15(19)14-9-13(17-20-14)12-5-3-2-4-6-12/h2-6,11,14,16H,7-10H2,1H3/t11-,14?/m1/s1. The number of nitrogens with one attached hydrogen (secondary N) is 1. The average molecular weight is 273 g/mol. The molecule has 0 radical (unpaired) electrons. The van der Waals surface area contributed by atoms with Gasteiger partial charge in [0, 0.05) is 32.1 Å². The number of rotatable bonds is 2. The maximum Gasteiger partial charge on any atom is 0.267 e. The van der Waals surface area contributed by atoms with Crippen molar-refractivity contribution in [3.8, 4) is 0 Å². The molecule has 1 fully saturated rings. The lowest BCUT2D eigenvalue weighted by Gasteiger charge is -2.32. The Balaban J connectivity index is 1.62. The number of carbonyl (C=O) groups excluding carboxylic acids is 1. The molecule has 0 aromatic heterocycles. The summed E-state index contributed by atoms with van der Waals surface area (Å²) < 4.78 is 0. The van der Waals surface area contributed by atoms with Crippen LogP contribution in [0.15, 0.2) is 35.5 Å². The van der Waals surface area contributed by atoms with Gasteiger partial charge in [-0.3, -0.25) is 4.79 Å². The number of piperazine rings is 1. The number of amides is 1. The van der Waals surface area contributed by atoms with Crippen molar-refractivity contribution in [3.05, 3.63) is 35.9 Å². The van der Waals surface area contributed by atoms with Crippen molar-refractivity contribution in [1.29, 1.82) is 0 Å². The highest BCUT2D eigenvalue weighted by Crippen LogP contribution is 2.19. The van der Waals surface area contributed by atoms with E-state index in [2.05, 4.69) is 17.4 Å². The van der Waals surface area contributed by atoms with Crippen LogP contribution in [0.3, 0.4) is 0 Å². The number of hydrogen-bond acceptors (Lipinski definition) is 4. The summed E-state index contributed by atoms with van der Waals surface area (Å²) in [5.74, 6) is 0.0491. The van der Waals surface area contributed by atoms with Gasteiger partial charge in [-0.2, -0.15) is 0 Å². The Morgan fingerprint density at radius 1 is 1.40 bits per heavy atom. The topological polar surface area (TPSA) is 53.9 Å². The van der Waals surface area contributed by atoms with E-state index in [0.29, 0.717) is 12.5 Å². The van der Waals surface area contributed by atoms with Gasteiger partial charge < -0.3 is 15.1 Å². The molecule has 5 nitrogen and oxygen atoms in total. The van der Waals surface area contributed by atoms with Crippen LogP contribution < -0.4 is 5.32 Å². The van der Waals surface area contributed by atoms with Gasteiger partial charge in [-0.15, -0.1) is 0 Å². The maximum atomic E-state index is 12.4. The number of benzene rings is 1. The first-order chi connectivity index (χ1) is 9.74. The Labute approximate surface area is 118 Å². The van der Waals surface area contributed by atoms with Crippen molar-refractivity contribution in [3.63, 3.8) is 0 Å². The summed E-state index contributed by atoms with van der Waals surface area (Å²) in [6.07, 6.45) is 0.0942. The zero-order chi connectivity index (χ0) is 13.9. The molecule has 0 spiro atoms. The molecule has 0 aliphatic carbocycles. The molecular formula is C15H19N3O2.